The number of ether oxygens (including phenoxy) is 1. The van der Waals surface area contributed by atoms with Gasteiger partial charge in [-0.3, -0.25) is 0 Å². The molecule has 0 saturated heterocycles. The number of benzene rings is 1. The van der Waals surface area contributed by atoms with Gasteiger partial charge in [-0.2, -0.15) is 0 Å². The second-order valence-corrected chi connectivity index (χ2v) is 5.19. The fourth-order valence-electron chi connectivity index (χ4n) is 1.64. The van der Waals surface area contributed by atoms with Crippen molar-refractivity contribution >= 4 is 11.3 Å². The summed E-state index contributed by atoms with van der Waals surface area (Å²) in [7, 11) is 0. The van der Waals surface area contributed by atoms with E-state index in [1.165, 1.54) is 15.3 Å². The normalized spacial score (nSPS) is 12.6. The molecule has 0 amide bonds. The molecule has 2 nitrogen and oxygen atoms in total. The lowest BCUT2D eigenvalue weighted by atomic mass is 10.1. The van der Waals surface area contributed by atoms with Crippen molar-refractivity contribution in [3.63, 3.8) is 0 Å². The Morgan fingerprint density at radius 2 is 1.82 bits per heavy atom. The molecular weight excluding hydrogens is 230 g/mol. The maximum absolute atomic E-state index is 5.84. The van der Waals surface area contributed by atoms with Crippen molar-refractivity contribution in [2.75, 3.05) is 0 Å². The van der Waals surface area contributed by atoms with Gasteiger partial charge in [0, 0.05) is 16.3 Å². The summed E-state index contributed by atoms with van der Waals surface area (Å²) in [5, 5.41) is 0. The Balaban J connectivity index is 1.90. The molecular formula is C14H17NOS. The molecule has 0 bridgehead atoms. The van der Waals surface area contributed by atoms with Crippen LogP contribution in [0.15, 0.2) is 42.5 Å². The Labute approximate surface area is 106 Å². The van der Waals surface area contributed by atoms with Crippen molar-refractivity contribution in [3.05, 3.63) is 57.8 Å². The summed E-state index contributed by atoms with van der Waals surface area (Å²) in [6.07, 6.45) is 0.125. The number of nitrogens with two attached hydrogens (primary N) is 1. The molecule has 0 radical (unpaired) electrons. The first kappa shape index (κ1) is 12.3. The van der Waals surface area contributed by atoms with Crippen molar-refractivity contribution in [2.24, 2.45) is 5.73 Å². The summed E-state index contributed by atoms with van der Waals surface area (Å²) in [5.74, 6) is 0. The van der Waals surface area contributed by atoms with Gasteiger partial charge in [-0.25, -0.2) is 0 Å². The lowest BCUT2D eigenvalue weighted by Gasteiger charge is -2.12. The molecule has 2 rings (SSSR count). The van der Waals surface area contributed by atoms with Crippen molar-refractivity contribution in [3.8, 4) is 0 Å². The summed E-state index contributed by atoms with van der Waals surface area (Å²) >= 11 is 1.72. The first-order valence-electron chi connectivity index (χ1n) is 5.74. The van der Waals surface area contributed by atoms with Crippen LogP contribution in [0.3, 0.4) is 0 Å². The van der Waals surface area contributed by atoms with E-state index in [1.54, 1.807) is 11.3 Å². The lowest BCUT2D eigenvalue weighted by Crippen LogP contribution is -1.99. The highest BCUT2D eigenvalue weighted by atomic mass is 32.1. The van der Waals surface area contributed by atoms with Crippen LogP contribution in [-0.2, 0) is 17.9 Å². The van der Waals surface area contributed by atoms with Crippen LogP contribution in [0.1, 0.15) is 28.3 Å². The minimum absolute atomic E-state index is 0.125. The zero-order chi connectivity index (χ0) is 12.1. The van der Waals surface area contributed by atoms with Gasteiger partial charge >= 0.3 is 0 Å². The van der Waals surface area contributed by atoms with Gasteiger partial charge in [0.05, 0.1) is 12.7 Å². The summed E-state index contributed by atoms with van der Waals surface area (Å²) in [6.45, 7) is 3.34. The van der Waals surface area contributed by atoms with Crippen molar-refractivity contribution in [2.45, 2.75) is 26.2 Å². The predicted molar refractivity (Wildman–Crippen MR) is 71.9 cm³/mol. The topological polar surface area (TPSA) is 35.2 Å². The minimum atomic E-state index is 0.125. The van der Waals surface area contributed by atoms with Gasteiger partial charge in [-0.05, 0) is 24.6 Å². The molecule has 0 spiro atoms. The van der Waals surface area contributed by atoms with Crippen LogP contribution >= 0.6 is 11.3 Å². The zero-order valence-corrected chi connectivity index (χ0v) is 10.7. The van der Waals surface area contributed by atoms with Gasteiger partial charge in [0.2, 0.25) is 0 Å². The molecule has 1 atom stereocenters. The summed E-state index contributed by atoms with van der Waals surface area (Å²) < 4.78 is 5.84. The number of hydrogen-bond donors (Lipinski definition) is 1. The molecule has 0 aliphatic heterocycles. The Kier molecular flexibility index (Phi) is 4.31. The van der Waals surface area contributed by atoms with Crippen LogP contribution < -0.4 is 5.73 Å². The summed E-state index contributed by atoms with van der Waals surface area (Å²) in [5.41, 5.74) is 6.79. The maximum atomic E-state index is 5.84. The molecule has 2 aromatic rings. The second-order valence-electron chi connectivity index (χ2n) is 3.94. The monoisotopic (exact) mass is 247 g/mol. The largest absolute Gasteiger partial charge is 0.368 e. The molecule has 0 saturated carbocycles. The SMILES string of the molecule is CC(OCc1ccc(CN)s1)c1ccccc1. The number of hydrogen-bond acceptors (Lipinski definition) is 3. The van der Waals surface area contributed by atoms with E-state index in [0.29, 0.717) is 13.2 Å². The average molecular weight is 247 g/mol. The molecule has 90 valence electrons. The third-order valence-corrected chi connectivity index (χ3v) is 3.74. The van der Waals surface area contributed by atoms with Crippen LogP contribution in [-0.4, -0.2) is 0 Å². The summed E-state index contributed by atoms with van der Waals surface area (Å²) in [4.78, 5) is 2.43. The third-order valence-electron chi connectivity index (χ3n) is 2.66. The van der Waals surface area contributed by atoms with E-state index in [0.717, 1.165) is 0 Å². The highest BCUT2D eigenvalue weighted by Gasteiger charge is 2.06. The molecule has 1 aromatic heterocycles. The van der Waals surface area contributed by atoms with Gasteiger partial charge in [-0.15, -0.1) is 11.3 Å². The van der Waals surface area contributed by atoms with E-state index in [9.17, 15) is 0 Å². The Morgan fingerprint density at radius 3 is 2.47 bits per heavy atom. The average Bonchev–Trinajstić information content (AvgIpc) is 2.85. The molecule has 2 N–H and O–H groups in total. The van der Waals surface area contributed by atoms with Crippen LogP contribution in [0.5, 0.6) is 0 Å². The zero-order valence-electron chi connectivity index (χ0n) is 9.93. The summed E-state index contributed by atoms with van der Waals surface area (Å²) in [6, 6.07) is 14.4. The van der Waals surface area contributed by atoms with Gasteiger partial charge < -0.3 is 10.5 Å². The van der Waals surface area contributed by atoms with E-state index in [2.05, 4.69) is 31.2 Å². The fourth-order valence-corrected chi connectivity index (χ4v) is 2.46. The predicted octanol–water partition coefficient (Wildman–Crippen LogP) is 3.48. The highest BCUT2D eigenvalue weighted by molar-refractivity contribution is 7.11. The Morgan fingerprint density at radius 1 is 1.12 bits per heavy atom. The van der Waals surface area contributed by atoms with E-state index >= 15 is 0 Å². The fraction of sp³-hybridized carbons (Fsp3) is 0.286. The maximum Gasteiger partial charge on any atom is 0.0817 e. The van der Waals surface area contributed by atoms with Crippen LogP contribution in [0.4, 0.5) is 0 Å². The van der Waals surface area contributed by atoms with Gasteiger partial charge in [0.15, 0.2) is 0 Å². The molecule has 1 heterocycles. The Hall–Kier alpha value is -1.16. The van der Waals surface area contributed by atoms with E-state index in [4.69, 9.17) is 10.5 Å². The van der Waals surface area contributed by atoms with E-state index < -0.39 is 0 Å². The number of thiophene rings is 1. The van der Waals surface area contributed by atoms with Crippen LogP contribution in [0.2, 0.25) is 0 Å². The van der Waals surface area contributed by atoms with Crippen LogP contribution in [0.25, 0.3) is 0 Å². The Bertz CT molecular complexity index is 452. The van der Waals surface area contributed by atoms with E-state index in [-0.39, 0.29) is 6.10 Å². The van der Waals surface area contributed by atoms with Gasteiger partial charge in [0.25, 0.3) is 0 Å². The van der Waals surface area contributed by atoms with Crippen molar-refractivity contribution in [1.82, 2.24) is 0 Å². The molecule has 0 aliphatic carbocycles. The molecule has 17 heavy (non-hydrogen) atoms. The molecule has 0 fully saturated rings. The van der Waals surface area contributed by atoms with Crippen molar-refractivity contribution < 1.29 is 4.74 Å². The minimum Gasteiger partial charge on any atom is -0.368 e. The van der Waals surface area contributed by atoms with E-state index in [1.807, 2.05) is 18.2 Å². The molecule has 1 aromatic carbocycles. The van der Waals surface area contributed by atoms with Gasteiger partial charge in [0.1, 0.15) is 0 Å². The number of rotatable bonds is 5. The van der Waals surface area contributed by atoms with Crippen molar-refractivity contribution in [1.29, 1.82) is 0 Å². The van der Waals surface area contributed by atoms with Gasteiger partial charge in [-0.1, -0.05) is 30.3 Å². The first-order chi connectivity index (χ1) is 8.29. The van der Waals surface area contributed by atoms with Crippen LogP contribution in [0, 0.1) is 0 Å². The smallest absolute Gasteiger partial charge is 0.0817 e. The standard InChI is InChI=1S/C14H17NOS/c1-11(12-5-3-2-4-6-12)16-10-14-8-7-13(9-15)17-14/h2-8,11H,9-10,15H2,1H3. The lowest BCUT2D eigenvalue weighted by molar-refractivity contribution is 0.0542. The quantitative estimate of drug-likeness (QED) is 0.878. The molecule has 1 unspecified atom stereocenters. The molecule has 3 heteroatoms. The molecule has 0 aliphatic rings. The second kappa shape index (κ2) is 5.96. The third kappa shape index (κ3) is 3.40. The first-order valence-corrected chi connectivity index (χ1v) is 6.55. The highest BCUT2D eigenvalue weighted by Crippen LogP contribution is 2.21.